The highest BCUT2D eigenvalue weighted by Gasteiger charge is 2.37. The van der Waals surface area contributed by atoms with Crippen molar-refractivity contribution >= 4 is 11.8 Å². The Morgan fingerprint density at radius 1 is 1.35 bits per heavy atom. The van der Waals surface area contributed by atoms with Crippen LogP contribution in [0.15, 0.2) is 4.52 Å². The van der Waals surface area contributed by atoms with Crippen molar-refractivity contribution in [2.75, 3.05) is 18.1 Å². The zero-order valence-electron chi connectivity index (χ0n) is 9.72. The van der Waals surface area contributed by atoms with E-state index in [2.05, 4.69) is 10.1 Å². The van der Waals surface area contributed by atoms with Crippen molar-refractivity contribution in [3.8, 4) is 0 Å². The van der Waals surface area contributed by atoms with E-state index in [4.69, 9.17) is 15.0 Å². The molecule has 1 atom stereocenters. The average molecular weight is 255 g/mol. The molecule has 17 heavy (non-hydrogen) atoms. The first kappa shape index (κ1) is 11.5. The molecule has 2 fully saturated rings. The van der Waals surface area contributed by atoms with Gasteiger partial charge in [-0.2, -0.15) is 16.7 Å². The second-order valence-corrected chi connectivity index (χ2v) is 5.91. The molecule has 1 aromatic rings. The summed E-state index contributed by atoms with van der Waals surface area (Å²) in [5, 5.41) is 4.03. The number of thioether (sulfide) groups is 1. The summed E-state index contributed by atoms with van der Waals surface area (Å²) in [6.45, 7) is 0.757. The fraction of sp³-hybridized carbons (Fsp3) is 0.818. The van der Waals surface area contributed by atoms with Gasteiger partial charge in [0.1, 0.15) is 6.10 Å². The van der Waals surface area contributed by atoms with Gasteiger partial charge in [-0.3, -0.25) is 0 Å². The van der Waals surface area contributed by atoms with Crippen LogP contribution in [0.4, 0.5) is 0 Å². The maximum atomic E-state index is 6.28. The summed E-state index contributed by atoms with van der Waals surface area (Å²) in [5.41, 5.74) is 5.89. The first-order valence-corrected chi connectivity index (χ1v) is 7.26. The van der Waals surface area contributed by atoms with Gasteiger partial charge in [0.25, 0.3) is 0 Å². The van der Waals surface area contributed by atoms with Gasteiger partial charge in [0.15, 0.2) is 0 Å². The molecule has 0 bridgehead atoms. The van der Waals surface area contributed by atoms with Crippen LogP contribution in [0.1, 0.15) is 43.5 Å². The van der Waals surface area contributed by atoms with Gasteiger partial charge >= 0.3 is 0 Å². The molecule has 1 saturated heterocycles. The summed E-state index contributed by atoms with van der Waals surface area (Å²) in [6.07, 6.45) is 4.13. The SMILES string of the molecule is NC1(c2nc(C3CSCCO3)no2)CCCC1. The molecule has 0 radical (unpaired) electrons. The lowest BCUT2D eigenvalue weighted by molar-refractivity contribution is 0.0677. The minimum Gasteiger partial charge on any atom is -0.368 e. The minimum atomic E-state index is -0.396. The third-order valence-corrected chi connectivity index (χ3v) is 4.46. The molecule has 94 valence electrons. The number of hydrogen-bond acceptors (Lipinski definition) is 6. The molecule has 0 spiro atoms. The first-order chi connectivity index (χ1) is 8.28. The lowest BCUT2D eigenvalue weighted by atomic mass is 9.99. The van der Waals surface area contributed by atoms with E-state index in [1.54, 1.807) is 0 Å². The largest absolute Gasteiger partial charge is 0.368 e. The Morgan fingerprint density at radius 3 is 2.88 bits per heavy atom. The minimum absolute atomic E-state index is 0.0312. The zero-order valence-corrected chi connectivity index (χ0v) is 10.5. The number of hydrogen-bond donors (Lipinski definition) is 1. The van der Waals surface area contributed by atoms with Gasteiger partial charge in [0, 0.05) is 11.5 Å². The Labute approximate surface area is 104 Å². The molecule has 6 heteroatoms. The van der Waals surface area contributed by atoms with Crippen LogP contribution in [0.5, 0.6) is 0 Å². The van der Waals surface area contributed by atoms with Gasteiger partial charge in [-0.1, -0.05) is 18.0 Å². The second-order valence-electron chi connectivity index (χ2n) is 4.76. The van der Waals surface area contributed by atoms with Gasteiger partial charge in [0.05, 0.1) is 12.1 Å². The van der Waals surface area contributed by atoms with Gasteiger partial charge < -0.3 is 15.0 Å². The number of rotatable bonds is 2. The molecular weight excluding hydrogens is 238 g/mol. The fourth-order valence-corrected chi connectivity index (χ4v) is 3.26. The van der Waals surface area contributed by atoms with Crippen molar-refractivity contribution in [3.05, 3.63) is 11.7 Å². The van der Waals surface area contributed by atoms with Crippen molar-refractivity contribution in [1.29, 1.82) is 0 Å². The van der Waals surface area contributed by atoms with E-state index in [-0.39, 0.29) is 6.10 Å². The van der Waals surface area contributed by atoms with E-state index >= 15 is 0 Å². The van der Waals surface area contributed by atoms with Crippen molar-refractivity contribution in [2.45, 2.75) is 37.3 Å². The molecule has 1 aromatic heterocycles. The third-order valence-electron chi connectivity index (χ3n) is 3.47. The highest BCUT2D eigenvalue weighted by Crippen LogP contribution is 2.36. The van der Waals surface area contributed by atoms with Gasteiger partial charge in [-0.15, -0.1) is 0 Å². The Morgan fingerprint density at radius 2 is 2.18 bits per heavy atom. The van der Waals surface area contributed by atoms with E-state index < -0.39 is 5.54 Å². The summed E-state index contributed by atoms with van der Waals surface area (Å²) >= 11 is 1.86. The predicted octanol–water partition coefficient (Wildman–Crippen LogP) is 1.60. The standard InChI is InChI=1S/C11H17N3O2S/c12-11(3-1-2-4-11)10-13-9(14-16-10)8-7-17-6-5-15-8/h8H,1-7,12H2. The van der Waals surface area contributed by atoms with Crippen LogP contribution in [-0.4, -0.2) is 28.3 Å². The molecule has 2 aliphatic rings. The van der Waals surface area contributed by atoms with Gasteiger partial charge in [-0.05, 0) is 12.8 Å². The van der Waals surface area contributed by atoms with E-state index in [0.29, 0.717) is 11.7 Å². The monoisotopic (exact) mass is 255 g/mol. The topological polar surface area (TPSA) is 74.2 Å². The zero-order chi connectivity index (χ0) is 11.7. The van der Waals surface area contributed by atoms with Crippen LogP contribution in [0.3, 0.4) is 0 Å². The molecule has 1 saturated carbocycles. The fourth-order valence-electron chi connectivity index (χ4n) is 2.42. The maximum Gasteiger partial charge on any atom is 0.246 e. The normalized spacial score (nSPS) is 28.4. The maximum absolute atomic E-state index is 6.28. The Bertz CT molecular complexity index is 384. The van der Waals surface area contributed by atoms with Crippen molar-refractivity contribution in [2.24, 2.45) is 5.73 Å². The van der Waals surface area contributed by atoms with Crippen LogP contribution >= 0.6 is 11.8 Å². The van der Waals surface area contributed by atoms with E-state index in [0.717, 1.165) is 43.8 Å². The number of ether oxygens (including phenoxy) is 1. The quantitative estimate of drug-likeness (QED) is 0.865. The molecule has 1 aliphatic carbocycles. The number of nitrogens with zero attached hydrogens (tertiary/aromatic N) is 2. The van der Waals surface area contributed by atoms with E-state index in [1.165, 1.54) is 0 Å². The highest BCUT2D eigenvalue weighted by atomic mass is 32.2. The van der Waals surface area contributed by atoms with Gasteiger partial charge in [-0.25, -0.2) is 0 Å². The smallest absolute Gasteiger partial charge is 0.246 e. The number of nitrogens with two attached hydrogens (primary N) is 1. The summed E-state index contributed by atoms with van der Waals surface area (Å²) in [4.78, 5) is 4.45. The van der Waals surface area contributed by atoms with E-state index in [9.17, 15) is 0 Å². The Balaban J connectivity index is 1.77. The summed E-state index contributed by atoms with van der Waals surface area (Å²) in [7, 11) is 0. The van der Waals surface area contributed by atoms with Crippen LogP contribution in [0.25, 0.3) is 0 Å². The van der Waals surface area contributed by atoms with Crippen LogP contribution in [0, 0.1) is 0 Å². The lowest BCUT2D eigenvalue weighted by Crippen LogP contribution is -2.33. The summed E-state index contributed by atoms with van der Waals surface area (Å²) < 4.78 is 11.0. The number of aromatic nitrogens is 2. The van der Waals surface area contributed by atoms with Crippen LogP contribution < -0.4 is 5.73 Å². The molecule has 1 aliphatic heterocycles. The Kier molecular flexibility index (Phi) is 3.10. The molecule has 0 aromatic carbocycles. The third kappa shape index (κ3) is 2.21. The average Bonchev–Trinajstić information content (AvgIpc) is 2.99. The molecule has 5 nitrogen and oxygen atoms in total. The lowest BCUT2D eigenvalue weighted by Gasteiger charge is -2.19. The molecular formula is C11H17N3O2S. The Hall–Kier alpha value is -0.590. The molecule has 1 unspecified atom stereocenters. The molecule has 3 rings (SSSR count). The molecule has 2 N–H and O–H groups in total. The first-order valence-electron chi connectivity index (χ1n) is 6.10. The van der Waals surface area contributed by atoms with Crippen molar-refractivity contribution < 1.29 is 9.26 Å². The van der Waals surface area contributed by atoms with Crippen LogP contribution in [0.2, 0.25) is 0 Å². The summed E-state index contributed by atoms with van der Waals surface area (Å²) in [5.74, 6) is 3.19. The summed E-state index contributed by atoms with van der Waals surface area (Å²) in [6, 6.07) is 0. The van der Waals surface area contributed by atoms with E-state index in [1.807, 2.05) is 11.8 Å². The van der Waals surface area contributed by atoms with Crippen LogP contribution in [-0.2, 0) is 10.3 Å². The van der Waals surface area contributed by atoms with Crippen molar-refractivity contribution in [3.63, 3.8) is 0 Å². The van der Waals surface area contributed by atoms with Gasteiger partial charge in [0.2, 0.25) is 11.7 Å². The molecule has 2 heterocycles. The highest BCUT2D eigenvalue weighted by molar-refractivity contribution is 7.99. The molecule has 0 amide bonds. The predicted molar refractivity (Wildman–Crippen MR) is 64.6 cm³/mol. The van der Waals surface area contributed by atoms with Crippen molar-refractivity contribution in [1.82, 2.24) is 10.1 Å². The second kappa shape index (κ2) is 4.59.